The molecule has 1 aromatic carbocycles. The van der Waals surface area contributed by atoms with Crippen molar-refractivity contribution in [1.29, 1.82) is 0 Å². The number of rotatable bonds is 2. The Bertz CT molecular complexity index is 386. The molecule has 0 bridgehead atoms. The van der Waals surface area contributed by atoms with E-state index in [0.717, 1.165) is 25.9 Å². The highest BCUT2D eigenvalue weighted by molar-refractivity contribution is 5.75. The van der Waals surface area contributed by atoms with Crippen molar-refractivity contribution in [3.8, 4) is 0 Å². The van der Waals surface area contributed by atoms with Gasteiger partial charge in [-0.3, -0.25) is 10.1 Å². The van der Waals surface area contributed by atoms with Crippen LogP contribution in [0.15, 0.2) is 18.2 Å². The second-order valence-electron chi connectivity index (χ2n) is 3.67. The van der Waals surface area contributed by atoms with Crippen molar-refractivity contribution < 1.29 is 4.92 Å². The maximum absolute atomic E-state index is 10.9. The van der Waals surface area contributed by atoms with Crippen LogP contribution in [0.2, 0.25) is 0 Å². The van der Waals surface area contributed by atoms with E-state index in [-0.39, 0.29) is 11.4 Å². The minimum absolute atomic E-state index is 0.0411. The largest absolute Gasteiger partial charge is 0.393 e. The lowest BCUT2D eigenvalue weighted by molar-refractivity contribution is -0.383. The second-order valence-corrected chi connectivity index (χ2v) is 3.67. The molecule has 1 aliphatic heterocycles. The monoisotopic (exact) mass is 207 g/mol. The molecule has 1 fully saturated rings. The maximum atomic E-state index is 10.9. The number of nitrogens with two attached hydrogens (primary N) is 1. The topological polar surface area (TPSA) is 72.4 Å². The molecule has 0 aromatic heterocycles. The quantitative estimate of drug-likeness (QED) is 0.455. The predicted molar refractivity (Wildman–Crippen MR) is 59.0 cm³/mol. The Morgan fingerprint density at radius 3 is 2.60 bits per heavy atom. The summed E-state index contributed by atoms with van der Waals surface area (Å²) in [6.45, 7) is 1.76. The van der Waals surface area contributed by atoms with E-state index in [4.69, 9.17) is 5.73 Å². The molecule has 1 aromatic rings. The van der Waals surface area contributed by atoms with Gasteiger partial charge in [-0.05, 0) is 25.0 Å². The summed E-state index contributed by atoms with van der Waals surface area (Å²) in [5, 5.41) is 10.9. The van der Waals surface area contributed by atoms with Crippen LogP contribution < -0.4 is 10.6 Å². The Kier molecular flexibility index (Phi) is 2.45. The molecule has 0 amide bonds. The van der Waals surface area contributed by atoms with Crippen LogP contribution in [0.5, 0.6) is 0 Å². The fraction of sp³-hybridized carbons (Fsp3) is 0.400. The zero-order valence-corrected chi connectivity index (χ0v) is 8.35. The van der Waals surface area contributed by atoms with E-state index in [2.05, 4.69) is 0 Å². The Balaban J connectivity index is 2.45. The standard InChI is InChI=1S/C10H13N3O2/c11-8-4-3-5-9(10(8)13(14)15)12-6-1-2-7-12/h3-5H,1-2,6-7,11H2. The molecule has 0 unspecified atom stereocenters. The first-order chi connectivity index (χ1) is 7.20. The molecule has 2 rings (SSSR count). The zero-order chi connectivity index (χ0) is 10.8. The average Bonchev–Trinajstić information content (AvgIpc) is 2.69. The number of benzene rings is 1. The van der Waals surface area contributed by atoms with Gasteiger partial charge in [-0.25, -0.2) is 0 Å². The molecule has 0 radical (unpaired) electrons. The summed E-state index contributed by atoms with van der Waals surface area (Å²) in [7, 11) is 0. The fourth-order valence-electron chi connectivity index (χ4n) is 1.96. The van der Waals surface area contributed by atoms with Gasteiger partial charge in [-0.1, -0.05) is 6.07 Å². The third-order valence-electron chi connectivity index (χ3n) is 2.68. The molecule has 0 saturated carbocycles. The van der Waals surface area contributed by atoms with Gasteiger partial charge in [0.05, 0.1) is 4.92 Å². The Hall–Kier alpha value is -1.78. The minimum atomic E-state index is -0.400. The molecular formula is C10H13N3O2. The van der Waals surface area contributed by atoms with Gasteiger partial charge in [-0.15, -0.1) is 0 Å². The Labute approximate surface area is 87.6 Å². The van der Waals surface area contributed by atoms with E-state index >= 15 is 0 Å². The van der Waals surface area contributed by atoms with Gasteiger partial charge in [-0.2, -0.15) is 0 Å². The first kappa shape index (κ1) is 9.76. The molecule has 1 saturated heterocycles. The molecule has 5 nitrogen and oxygen atoms in total. The summed E-state index contributed by atoms with van der Waals surface area (Å²) in [5.74, 6) is 0. The van der Waals surface area contributed by atoms with Crippen molar-refractivity contribution in [2.24, 2.45) is 0 Å². The molecular weight excluding hydrogens is 194 g/mol. The van der Waals surface area contributed by atoms with Crippen LogP contribution in [-0.4, -0.2) is 18.0 Å². The summed E-state index contributed by atoms with van der Waals surface area (Å²) in [6, 6.07) is 5.09. The number of nitrogens with zero attached hydrogens (tertiary/aromatic N) is 2. The smallest absolute Gasteiger partial charge is 0.315 e. The summed E-state index contributed by atoms with van der Waals surface area (Å²) in [4.78, 5) is 12.5. The molecule has 0 atom stereocenters. The van der Waals surface area contributed by atoms with Crippen LogP contribution in [0.1, 0.15) is 12.8 Å². The highest BCUT2D eigenvalue weighted by Gasteiger charge is 2.24. The van der Waals surface area contributed by atoms with E-state index in [1.54, 1.807) is 18.2 Å². The fourth-order valence-corrected chi connectivity index (χ4v) is 1.96. The van der Waals surface area contributed by atoms with Crippen LogP contribution in [0.25, 0.3) is 0 Å². The number of hydrogen-bond acceptors (Lipinski definition) is 4. The number of hydrogen-bond donors (Lipinski definition) is 1. The van der Waals surface area contributed by atoms with Crippen LogP contribution in [-0.2, 0) is 0 Å². The molecule has 5 heteroatoms. The lowest BCUT2D eigenvalue weighted by atomic mass is 10.2. The first-order valence-electron chi connectivity index (χ1n) is 4.98. The molecule has 1 aliphatic rings. The van der Waals surface area contributed by atoms with Gasteiger partial charge in [0.1, 0.15) is 11.4 Å². The Morgan fingerprint density at radius 1 is 1.33 bits per heavy atom. The third-order valence-corrected chi connectivity index (χ3v) is 2.68. The van der Waals surface area contributed by atoms with Gasteiger partial charge in [0, 0.05) is 13.1 Å². The SMILES string of the molecule is Nc1cccc(N2CCCC2)c1[N+](=O)[O-]. The van der Waals surface area contributed by atoms with Crippen molar-refractivity contribution in [2.75, 3.05) is 23.7 Å². The van der Waals surface area contributed by atoms with E-state index < -0.39 is 4.92 Å². The van der Waals surface area contributed by atoms with Gasteiger partial charge in [0.15, 0.2) is 0 Å². The van der Waals surface area contributed by atoms with Gasteiger partial charge < -0.3 is 10.6 Å². The summed E-state index contributed by atoms with van der Waals surface area (Å²) in [5.41, 5.74) is 6.55. The zero-order valence-electron chi connectivity index (χ0n) is 8.35. The lowest BCUT2D eigenvalue weighted by Crippen LogP contribution is -2.19. The van der Waals surface area contributed by atoms with E-state index in [1.807, 2.05) is 4.90 Å². The highest BCUT2D eigenvalue weighted by Crippen LogP contribution is 2.34. The van der Waals surface area contributed by atoms with Gasteiger partial charge >= 0.3 is 5.69 Å². The minimum Gasteiger partial charge on any atom is -0.393 e. The number of para-hydroxylation sites is 1. The van der Waals surface area contributed by atoms with Crippen molar-refractivity contribution in [3.05, 3.63) is 28.3 Å². The van der Waals surface area contributed by atoms with Crippen LogP contribution in [0.3, 0.4) is 0 Å². The molecule has 15 heavy (non-hydrogen) atoms. The number of nitro benzene ring substituents is 1. The maximum Gasteiger partial charge on any atom is 0.315 e. The third kappa shape index (κ3) is 1.72. The number of anilines is 2. The van der Waals surface area contributed by atoms with Crippen molar-refractivity contribution in [3.63, 3.8) is 0 Å². The van der Waals surface area contributed by atoms with Gasteiger partial charge in [0.25, 0.3) is 0 Å². The van der Waals surface area contributed by atoms with E-state index in [1.165, 1.54) is 0 Å². The highest BCUT2D eigenvalue weighted by atomic mass is 16.6. The molecule has 1 heterocycles. The molecule has 2 N–H and O–H groups in total. The van der Waals surface area contributed by atoms with Crippen LogP contribution in [0.4, 0.5) is 17.1 Å². The van der Waals surface area contributed by atoms with Crippen molar-refractivity contribution >= 4 is 17.1 Å². The van der Waals surface area contributed by atoms with E-state index in [0.29, 0.717) is 5.69 Å². The molecule has 0 aliphatic carbocycles. The predicted octanol–water partition coefficient (Wildman–Crippen LogP) is 1.78. The summed E-state index contributed by atoms with van der Waals surface area (Å²) < 4.78 is 0. The number of nitrogen functional groups attached to an aromatic ring is 1. The Morgan fingerprint density at radius 2 is 2.00 bits per heavy atom. The van der Waals surface area contributed by atoms with Crippen molar-refractivity contribution in [1.82, 2.24) is 0 Å². The summed E-state index contributed by atoms with van der Waals surface area (Å²) in [6.07, 6.45) is 2.18. The lowest BCUT2D eigenvalue weighted by Gasteiger charge is -2.17. The average molecular weight is 207 g/mol. The van der Waals surface area contributed by atoms with Crippen LogP contribution >= 0.6 is 0 Å². The van der Waals surface area contributed by atoms with Crippen LogP contribution in [0, 0.1) is 10.1 Å². The van der Waals surface area contributed by atoms with Gasteiger partial charge in [0.2, 0.25) is 0 Å². The first-order valence-corrected chi connectivity index (χ1v) is 4.98. The normalized spacial score (nSPS) is 15.6. The summed E-state index contributed by atoms with van der Waals surface area (Å²) >= 11 is 0. The number of nitro groups is 1. The van der Waals surface area contributed by atoms with Crippen molar-refractivity contribution in [2.45, 2.75) is 12.8 Å². The second kappa shape index (κ2) is 3.76. The van der Waals surface area contributed by atoms with E-state index in [9.17, 15) is 10.1 Å². The molecule has 0 spiro atoms. The molecule has 80 valence electrons.